The summed E-state index contributed by atoms with van der Waals surface area (Å²) in [5, 5.41) is 2.57. The summed E-state index contributed by atoms with van der Waals surface area (Å²) in [4.78, 5) is 4.11. The van der Waals surface area contributed by atoms with E-state index in [1.807, 2.05) is 0 Å². The minimum atomic E-state index is -0.986. The molecule has 18 heavy (non-hydrogen) atoms. The van der Waals surface area contributed by atoms with Crippen molar-refractivity contribution in [3.8, 4) is 0 Å². The van der Waals surface area contributed by atoms with Crippen molar-refractivity contribution in [2.24, 2.45) is 10.8 Å². The maximum absolute atomic E-state index is 13.4. The Morgan fingerprint density at radius 1 is 1.50 bits per heavy atom. The first-order chi connectivity index (χ1) is 8.58. The number of guanidine groups is 1. The van der Waals surface area contributed by atoms with Crippen LogP contribution in [0.5, 0.6) is 0 Å². The fourth-order valence-electron chi connectivity index (χ4n) is 1.33. The number of nitrogens with one attached hydrogen (secondary N) is 2. The van der Waals surface area contributed by atoms with E-state index >= 15 is 0 Å². The van der Waals surface area contributed by atoms with E-state index in [4.69, 9.17) is 10.6 Å². The molecule has 0 aliphatic heterocycles. The molecule has 1 atom stereocenters. The molecule has 0 aliphatic carbocycles. The quantitative estimate of drug-likeness (QED) is 0.329. The molecule has 0 fully saturated rings. The van der Waals surface area contributed by atoms with E-state index in [1.54, 1.807) is 14.0 Å². The maximum Gasteiger partial charge on any atom is 0.210 e. The zero-order valence-electron chi connectivity index (χ0n) is 10.2. The van der Waals surface area contributed by atoms with E-state index in [9.17, 15) is 8.78 Å². The summed E-state index contributed by atoms with van der Waals surface area (Å²) in [5.74, 6) is 3.45. The number of hydrogen-bond acceptors (Lipinski definition) is 3. The first-order valence-corrected chi connectivity index (χ1v) is 5.32. The minimum absolute atomic E-state index is 0.0451. The highest BCUT2D eigenvalue weighted by molar-refractivity contribution is 5.93. The van der Waals surface area contributed by atoms with Gasteiger partial charge in [-0.3, -0.25) is 5.43 Å². The molecular weight excluding hydrogens is 242 g/mol. The van der Waals surface area contributed by atoms with Gasteiger partial charge < -0.3 is 10.1 Å². The fourth-order valence-corrected chi connectivity index (χ4v) is 1.33. The van der Waals surface area contributed by atoms with E-state index in [0.717, 1.165) is 6.07 Å². The number of ether oxygens (including phenoxy) is 1. The molecule has 1 aromatic rings. The van der Waals surface area contributed by atoms with Crippen molar-refractivity contribution in [3.63, 3.8) is 0 Å². The van der Waals surface area contributed by atoms with E-state index in [-0.39, 0.29) is 17.7 Å². The predicted molar refractivity (Wildman–Crippen MR) is 66.1 cm³/mol. The van der Waals surface area contributed by atoms with Crippen molar-refractivity contribution >= 4 is 11.6 Å². The first-order valence-electron chi connectivity index (χ1n) is 5.32. The van der Waals surface area contributed by atoms with Crippen LogP contribution in [0.4, 0.5) is 14.5 Å². The van der Waals surface area contributed by atoms with E-state index in [0.29, 0.717) is 6.61 Å². The predicted octanol–water partition coefficient (Wildman–Crippen LogP) is 1.23. The van der Waals surface area contributed by atoms with Crippen LogP contribution in [0.2, 0.25) is 0 Å². The maximum atomic E-state index is 13.4. The molecule has 1 rings (SSSR count). The molecule has 0 saturated heterocycles. The van der Waals surface area contributed by atoms with Crippen LogP contribution in [0.25, 0.3) is 0 Å². The first kappa shape index (κ1) is 14.3. The molecule has 1 aromatic carbocycles. The Balaban J connectivity index is 2.83. The highest BCUT2D eigenvalue weighted by Gasteiger charge is 2.09. The van der Waals surface area contributed by atoms with Gasteiger partial charge in [0, 0.05) is 7.11 Å². The normalized spacial score (nSPS) is 13.3. The zero-order valence-corrected chi connectivity index (χ0v) is 10.2. The lowest BCUT2D eigenvalue weighted by Gasteiger charge is -2.12. The molecule has 0 radical (unpaired) electrons. The summed E-state index contributed by atoms with van der Waals surface area (Å²) < 4.78 is 31.3. The number of methoxy groups -OCH3 is 1. The molecule has 4 N–H and O–H groups in total. The van der Waals surface area contributed by atoms with Crippen LogP contribution >= 0.6 is 0 Å². The number of hydrazine groups is 1. The third-order valence-corrected chi connectivity index (χ3v) is 2.10. The Morgan fingerprint density at radius 3 is 2.83 bits per heavy atom. The number of halogens is 2. The Kier molecular flexibility index (Phi) is 5.47. The van der Waals surface area contributed by atoms with Crippen LogP contribution in [0, 0.1) is 11.6 Å². The Hall–Kier alpha value is -1.73. The van der Waals surface area contributed by atoms with Crippen LogP contribution < -0.4 is 16.6 Å². The van der Waals surface area contributed by atoms with Crippen LogP contribution in [0.15, 0.2) is 23.2 Å². The van der Waals surface area contributed by atoms with Gasteiger partial charge >= 0.3 is 0 Å². The van der Waals surface area contributed by atoms with Crippen molar-refractivity contribution in [2.45, 2.75) is 13.0 Å². The Labute approximate surface area is 104 Å². The average Bonchev–Trinajstić information content (AvgIpc) is 2.34. The highest BCUT2D eigenvalue weighted by atomic mass is 19.2. The summed E-state index contributed by atoms with van der Waals surface area (Å²) in [6.07, 6.45) is 0. The zero-order chi connectivity index (χ0) is 13.5. The molecule has 0 saturated carbocycles. The molecule has 0 amide bonds. The van der Waals surface area contributed by atoms with Gasteiger partial charge in [0.1, 0.15) is 0 Å². The van der Waals surface area contributed by atoms with Crippen molar-refractivity contribution in [1.82, 2.24) is 5.43 Å². The standard InChI is InChI=1S/C11H16F2N4O/c1-7(6-18-2)15-11(17-14)16-9-5-3-4-8(12)10(9)13/h3-5,7H,6,14H2,1-2H3,(H2,15,16,17). The Bertz CT molecular complexity index is 426. The fraction of sp³-hybridized carbons (Fsp3) is 0.364. The number of nitrogens with zero attached hydrogens (tertiary/aromatic N) is 1. The van der Waals surface area contributed by atoms with Crippen LogP contribution in [0.1, 0.15) is 6.92 Å². The van der Waals surface area contributed by atoms with Crippen LogP contribution in [-0.4, -0.2) is 25.7 Å². The average molecular weight is 258 g/mol. The van der Waals surface area contributed by atoms with E-state index < -0.39 is 11.6 Å². The van der Waals surface area contributed by atoms with Crippen LogP contribution in [-0.2, 0) is 4.74 Å². The molecule has 1 unspecified atom stereocenters. The summed E-state index contributed by atoms with van der Waals surface area (Å²) >= 11 is 0. The van der Waals surface area contributed by atoms with Crippen LogP contribution in [0.3, 0.4) is 0 Å². The van der Waals surface area contributed by atoms with E-state index in [2.05, 4.69) is 15.7 Å². The largest absolute Gasteiger partial charge is 0.382 e. The molecule has 0 aliphatic rings. The number of nitrogens with two attached hydrogens (primary N) is 1. The summed E-state index contributed by atoms with van der Waals surface area (Å²) in [6.45, 7) is 2.18. The van der Waals surface area contributed by atoms with Gasteiger partial charge in [-0.2, -0.15) is 0 Å². The smallest absolute Gasteiger partial charge is 0.210 e. The second-order valence-electron chi connectivity index (χ2n) is 3.65. The highest BCUT2D eigenvalue weighted by Crippen LogP contribution is 2.16. The number of benzene rings is 1. The lowest BCUT2D eigenvalue weighted by atomic mass is 10.3. The van der Waals surface area contributed by atoms with Gasteiger partial charge in [-0.15, -0.1) is 0 Å². The molecule has 5 nitrogen and oxygen atoms in total. The van der Waals surface area contributed by atoms with E-state index in [1.165, 1.54) is 12.1 Å². The number of rotatable bonds is 4. The lowest BCUT2D eigenvalue weighted by molar-refractivity contribution is 0.185. The summed E-state index contributed by atoms with van der Waals surface area (Å²) in [6, 6.07) is 3.62. The topological polar surface area (TPSA) is 71.7 Å². The monoisotopic (exact) mass is 258 g/mol. The van der Waals surface area contributed by atoms with Crippen molar-refractivity contribution < 1.29 is 13.5 Å². The van der Waals surface area contributed by atoms with Gasteiger partial charge in [0.25, 0.3) is 0 Å². The van der Waals surface area contributed by atoms with Gasteiger partial charge in [0.2, 0.25) is 5.96 Å². The third-order valence-electron chi connectivity index (χ3n) is 2.10. The molecular formula is C11H16F2N4O. The number of aliphatic imine (C=N–C) groups is 1. The van der Waals surface area contributed by atoms with Gasteiger partial charge in [-0.25, -0.2) is 19.6 Å². The number of anilines is 1. The van der Waals surface area contributed by atoms with Crippen molar-refractivity contribution in [3.05, 3.63) is 29.8 Å². The second kappa shape index (κ2) is 6.87. The van der Waals surface area contributed by atoms with Gasteiger partial charge in [0.05, 0.1) is 18.3 Å². The van der Waals surface area contributed by atoms with Crippen molar-refractivity contribution in [1.29, 1.82) is 0 Å². The van der Waals surface area contributed by atoms with Gasteiger partial charge in [0.15, 0.2) is 11.6 Å². The minimum Gasteiger partial charge on any atom is -0.382 e. The third kappa shape index (κ3) is 3.94. The molecule has 0 bridgehead atoms. The van der Waals surface area contributed by atoms with Gasteiger partial charge in [-0.05, 0) is 19.1 Å². The molecule has 0 aromatic heterocycles. The summed E-state index contributed by atoms with van der Waals surface area (Å²) in [7, 11) is 1.54. The lowest BCUT2D eigenvalue weighted by Crippen LogP contribution is -2.37. The molecule has 7 heteroatoms. The SMILES string of the molecule is COCC(C)N=C(NN)Nc1cccc(F)c1F. The second-order valence-corrected chi connectivity index (χ2v) is 3.65. The molecule has 0 spiro atoms. The van der Waals surface area contributed by atoms with Crippen molar-refractivity contribution in [2.75, 3.05) is 19.0 Å². The molecule has 100 valence electrons. The Morgan fingerprint density at radius 2 is 2.22 bits per heavy atom. The number of hydrogen-bond donors (Lipinski definition) is 3. The molecule has 0 heterocycles. The van der Waals surface area contributed by atoms with Gasteiger partial charge in [-0.1, -0.05) is 6.07 Å². The summed E-state index contributed by atoms with van der Waals surface area (Å²) in [5.41, 5.74) is 2.24.